The Kier molecular flexibility index (Phi) is 2.49. The van der Waals surface area contributed by atoms with Crippen molar-refractivity contribution in [3.05, 3.63) is 12.3 Å². The second-order valence-electron chi connectivity index (χ2n) is 2.52. The number of ketones is 1. The summed E-state index contributed by atoms with van der Waals surface area (Å²) >= 11 is 0. The van der Waals surface area contributed by atoms with Gasteiger partial charge in [0.1, 0.15) is 6.10 Å². The Morgan fingerprint density at radius 1 is 1.80 bits per heavy atom. The minimum Gasteiger partial charge on any atom is -0.497 e. The number of rotatable bonds is 2. The van der Waals surface area contributed by atoms with Crippen molar-refractivity contribution in [2.75, 3.05) is 0 Å². The smallest absolute Gasteiger partial charge is 0.162 e. The molecular weight excluding hydrogens is 128 g/mol. The fourth-order valence-corrected chi connectivity index (χ4v) is 1.06. The van der Waals surface area contributed by atoms with E-state index in [4.69, 9.17) is 4.74 Å². The summed E-state index contributed by atoms with van der Waals surface area (Å²) in [6, 6.07) is 0. The Bertz CT molecular complexity index is 149. The molecule has 0 N–H and O–H groups in total. The van der Waals surface area contributed by atoms with E-state index in [0.29, 0.717) is 6.42 Å². The van der Waals surface area contributed by atoms with Gasteiger partial charge in [-0.1, -0.05) is 13.3 Å². The SMILES string of the molecule is CCC[C@@H]1CC(=O)C=CO1. The first kappa shape index (κ1) is 7.32. The molecule has 0 aliphatic carbocycles. The molecule has 0 aromatic carbocycles. The summed E-state index contributed by atoms with van der Waals surface area (Å²) in [5, 5.41) is 0. The summed E-state index contributed by atoms with van der Waals surface area (Å²) < 4.78 is 5.19. The van der Waals surface area contributed by atoms with E-state index in [1.807, 2.05) is 0 Å². The van der Waals surface area contributed by atoms with Crippen LogP contribution in [0.5, 0.6) is 0 Å². The lowest BCUT2D eigenvalue weighted by atomic mass is 10.1. The van der Waals surface area contributed by atoms with Crippen molar-refractivity contribution in [3.8, 4) is 0 Å². The molecule has 2 heteroatoms. The van der Waals surface area contributed by atoms with Gasteiger partial charge in [0, 0.05) is 12.5 Å². The lowest BCUT2D eigenvalue weighted by molar-refractivity contribution is -0.118. The van der Waals surface area contributed by atoms with Gasteiger partial charge in [-0.25, -0.2) is 0 Å². The zero-order valence-electron chi connectivity index (χ0n) is 6.17. The van der Waals surface area contributed by atoms with E-state index in [1.54, 1.807) is 0 Å². The van der Waals surface area contributed by atoms with Gasteiger partial charge >= 0.3 is 0 Å². The Morgan fingerprint density at radius 2 is 2.60 bits per heavy atom. The monoisotopic (exact) mass is 140 g/mol. The number of hydrogen-bond acceptors (Lipinski definition) is 2. The lowest BCUT2D eigenvalue weighted by Gasteiger charge is -2.17. The van der Waals surface area contributed by atoms with E-state index in [1.165, 1.54) is 12.3 Å². The van der Waals surface area contributed by atoms with Crippen LogP contribution in [-0.4, -0.2) is 11.9 Å². The highest BCUT2D eigenvalue weighted by Crippen LogP contribution is 2.12. The molecule has 10 heavy (non-hydrogen) atoms. The number of carbonyl (C=O) groups excluding carboxylic acids is 1. The molecule has 1 aliphatic heterocycles. The van der Waals surface area contributed by atoms with Crippen LogP contribution in [0.3, 0.4) is 0 Å². The molecule has 0 fully saturated rings. The highest BCUT2D eigenvalue weighted by atomic mass is 16.5. The molecule has 2 nitrogen and oxygen atoms in total. The average Bonchev–Trinajstić information content (AvgIpc) is 1.88. The molecule has 1 rings (SSSR count). The van der Waals surface area contributed by atoms with Crippen LogP contribution in [0.2, 0.25) is 0 Å². The molecule has 1 atom stereocenters. The molecule has 0 aromatic rings. The van der Waals surface area contributed by atoms with E-state index in [-0.39, 0.29) is 11.9 Å². The summed E-state index contributed by atoms with van der Waals surface area (Å²) in [5.41, 5.74) is 0. The molecule has 0 bridgehead atoms. The second kappa shape index (κ2) is 3.40. The second-order valence-corrected chi connectivity index (χ2v) is 2.52. The number of allylic oxidation sites excluding steroid dienone is 1. The highest BCUT2D eigenvalue weighted by Gasteiger charge is 2.14. The van der Waals surface area contributed by atoms with Gasteiger partial charge in [-0.3, -0.25) is 4.79 Å². The lowest BCUT2D eigenvalue weighted by Crippen LogP contribution is -2.17. The third kappa shape index (κ3) is 1.87. The van der Waals surface area contributed by atoms with Crippen molar-refractivity contribution in [1.82, 2.24) is 0 Å². The molecule has 0 unspecified atom stereocenters. The first-order valence-electron chi connectivity index (χ1n) is 3.67. The van der Waals surface area contributed by atoms with Crippen LogP contribution in [0, 0.1) is 0 Å². The van der Waals surface area contributed by atoms with Crippen molar-refractivity contribution in [2.45, 2.75) is 32.3 Å². The van der Waals surface area contributed by atoms with Gasteiger partial charge in [-0.05, 0) is 6.42 Å². The Balaban J connectivity index is 2.36. The van der Waals surface area contributed by atoms with Crippen molar-refractivity contribution in [2.24, 2.45) is 0 Å². The van der Waals surface area contributed by atoms with Crippen LogP contribution >= 0.6 is 0 Å². The molecule has 1 heterocycles. The zero-order valence-corrected chi connectivity index (χ0v) is 6.17. The number of carbonyl (C=O) groups is 1. The highest BCUT2D eigenvalue weighted by molar-refractivity contribution is 5.90. The summed E-state index contributed by atoms with van der Waals surface area (Å²) in [6.45, 7) is 2.09. The van der Waals surface area contributed by atoms with Crippen molar-refractivity contribution < 1.29 is 9.53 Å². The van der Waals surface area contributed by atoms with Crippen LogP contribution in [0.25, 0.3) is 0 Å². The van der Waals surface area contributed by atoms with Gasteiger partial charge in [0.2, 0.25) is 0 Å². The predicted molar refractivity (Wildman–Crippen MR) is 38.5 cm³/mol. The Labute approximate surface area is 60.9 Å². The van der Waals surface area contributed by atoms with Crippen LogP contribution in [0.15, 0.2) is 12.3 Å². The summed E-state index contributed by atoms with van der Waals surface area (Å²) in [6.07, 6.45) is 5.76. The molecule has 0 amide bonds. The van der Waals surface area contributed by atoms with Crippen LogP contribution in [0.1, 0.15) is 26.2 Å². The first-order chi connectivity index (χ1) is 4.83. The van der Waals surface area contributed by atoms with E-state index >= 15 is 0 Å². The zero-order chi connectivity index (χ0) is 7.40. The van der Waals surface area contributed by atoms with Crippen LogP contribution in [-0.2, 0) is 9.53 Å². The van der Waals surface area contributed by atoms with Crippen LogP contribution < -0.4 is 0 Å². The van der Waals surface area contributed by atoms with Crippen LogP contribution in [0.4, 0.5) is 0 Å². The molecule has 0 radical (unpaired) electrons. The fourth-order valence-electron chi connectivity index (χ4n) is 1.06. The van der Waals surface area contributed by atoms with Crippen molar-refractivity contribution in [1.29, 1.82) is 0 Å². The maximum Gasteiger partial charge on any atom is 0.162 e. The Hall–Kier alpha value is -0.790. The molecule has 0 spiro atoms. The largest absolute Gasteiger partial charge is 0.497 e. The molecule has 0 saturated heterocycles. The van der Waals surface area contributed by atoms with Gasteiger partial charge in [0.05, 0.1) is 6.26 Å². The predicted octanol–water partition coefficient (Wildman–Crippen LogP) is 1.66. The molecular formula is C8H12O2. The van der Waals surface area contributed by atoms with E-state index < -0.39 is 0 Å². The number of ether oxygens (including phenoxy) is 1. The molecule has 1 aliphatic rings. The van der Waals surface area contributed by atoms with Crippen molar-refractivity contribution >= 4 is 5.78 Å². The summed E-state index contributed by atoms with van der Waals surface area (Å²) in [4.78, 5) is 10.8. The third-order valence-electron chi connectivity index (χ3n) is 1.56. The quantitative estimate of drug-likeness (QED) is 0.583. The maximum atomic E-state index is 10.8. The van der Waals surface area contributed by atoms with Gasteiger partial charge in [-0.2, -0.15) is 0 Å². The Morgan fingerprint density at radius 3 is 3.20 bits per heavy atom. The van der Waals surface area contributed by atoms with E-state index in [2.05, 4.69) is 6.92 Å². The standard InChI is InChI=1S/C8H12O2/c1-2-3-8-6-7(9)4-5-10-8/h4-5,8H,2-3,6H2,1H3/t8-/m1/s1. The minimum atomic E-state index is 0.141. The van der Waals surface area contributed by atoms with E-state index in [0.717, 1.165) is 12.8 Å². The average molecular weight is 140 g/mol. The van der Waals surface area contributed by atoms with E-state index in [9.17, 15) is 4.79 Å². The molecule has 0 saturated carbocycles. The van der Waals surface area contributed by atoms with Gasteiger partial charge < -0.3 is 4.74 Å². The fraction of sp³-hybridized carbons (Fsp3) is 0.625. The summed E-state index contributed by atoms with van der Waals surface area (Å²) in [7, 11) is 0. The minimum absolute atomic E-state index is 0.141. The van der Waals surface area contributed by atoms with Crippen molar-refractivity contribution in [3.63, 3.8) is 0 Å². The first-order valence-corrected chi connectivity index (χ1v) is 3.67. The third-order valence-corrected chi connectivity index (χ3v) is 1.56. The van der Waals surface area contributed by atoms with Gasteiger partial charge in [0.15, 0.2) is 5.78 Å². The molecule has 56 valence electrons. The van der Waals surface area contributed by atoms with Gasteiger partial charge in [0.25, 0.3) is 0 Å². The summed E-state index contributed by atoms with van der Waals surface area (Å²) in [5.74, 6) is 0.185. The molecule has 0 aromatic heterocycles. The van der Waals surface area contributed by atoms with Gasteiger partial charge in [-0.15, -0.1) is 0 Å². The maximum absolute atomic E-state index is 10.8. The number of hydrogen-bond donors (Lipinski definition) is 0. The topological polar surface area (TPSA) is 26.3 Å². The normalized spacial score (nSPS) is 24.5.